The maximum atomic E-state index is 12.7. The van der Waals surface area contributed by atoms with Crippen LogP contribution in [0.15, 0.2) is 54.6 Å². The number of ketones is 1. The van der Waals surface area contributed by atoms with Crippen molar-refractivity contribution >= 4 is 34.7 Å². The number of anilines is 1. The first-order chi connectivity index (χ1) is 10.0. The predicted molar refractivity (Wildman–Crippen MR) is 84.0 cm³/mol. The summed E-state index contributed by atoms with van der Waals surface area (Å²) in [6.07, 6.45) is 0. The van der Waals surface area contributed by atoms with Gasteiger partial charge in [-0.05, 0) is 12.1 Å². The number of methoxy groups -OCH3 is 1. The van der Waals surface area contributed by atoms with E-state index < -0.39 is 10.1 Å². The van der Waals surface area contributed by atoms with Crippen LogP contribution in [0, 0.1) is 0 Å². The number of hydrogen-bond acceptors (Lipinski definition) is 3. The largest absolute Gasteiger partial charge is 0.352 e. The van der Waals surface area contributed by atoms with Gasteiger partial charge < -0.3 is 10.1 Å². The summed E-state index contributed by atoms with van der Waals surface area (Å²) in [4.78, 5) is 12.7. The molecule has 0 amide bonds. The van der Waals surface area contributed by atoms with Crippen LogP contribution < -0.4 is 5.32 Å². The molecule has 1 unspecified atom stereocenters. The van der Waals surface area contributed by atoms with Crippen molar-refractivity contribution in [2.45, 2.75) is 10.1 Å². The van der Waals surface area contributed by atoms with Gasteiger partial charge in [0.15, 0.2) is 0 Å². The molecule has 2 aromatic carbocycles. The molecule has 0 radical (unpaired) electrons. The van der Waals surface area contributed by atoms with E-state index >= 15 is 0 Å². The molecule has 108 valence electrons. The van der Waals surface area contributed by atoms with Crippen molar-refractivity contribution in [1.29, 1.82) is 0 Å². The van der Waals surface area contributed by atoms with Gasteiger partial charge in [0.1, 0.15) is 0 Å². The summed E-state index contributed by atoms with van der Waals surface area (Å²) in [6, 6.07) is 16.3. The van der Waals surface area contributed by atoms with Gasteiger partial charge >= 0.3 is 0 Å². The lowest BCUT2D eigenvalue weighted by Gasteiger charge is -2.45. The van der Waals surface area contributed by atoms with E-state index in [9.17, 15) is 4.79 Å². The van der Waals surface area contributed by atoms with E-state index in [0.29, 0.717) is 16.8 Å². The SMILES string of the molecule is COC1(c2ccccc2)Nc2ccccc2C(=O)C1(Cl)Cl. The highest BCUT2D eigenvalue weighted by molar-refractivity contribution is 6.61. The third kappa shape index (κ3) is 1.96. The van der Waals surface area contributed by atoms with E-state index in [-0.39, 0.29) is 5.78 Å². The molecule has 2 aromatic rings. The number of hydrogen-bond donors (Lipinski definition) is 1. The van der Waals surface area contributed by atoms with Gasteiger partial charge in [0.25, 0.3) is 0 Å². The number of para-hydroxylation sites is 1. The van der Waals surface area contributed by atoms with Gasteiger partial charge in [-0.1, -0.05) is 65.7 Å². The second-order valence-corrected chi connectivity index (χ2v) is 6.15. The molecule has 0 aromatic heterocycles. The number of rotatable bonds is 2. The Bertz CT molecular complexity index is 688. The number of Topliss-reactive ketones (excluding diaryl/α,β-unsaturated/α-hetero) is 1. The minimum absolute atomic E-state index is 0.383. The lowest BCUT2D eigenvalue weighted by Crippen LogP contribution is -2.58. The average Bonchev–Trinajstić information content (AvgIpc) is 2.52. The molecule has 1 N–H and O–H groups in total. The van der Waals surface area contributed by atoms with Crippen LogP contribution in [-0.4, -0.2) is 17.2 Å². The summed E-state index contributed by atoms with van der Waals surface area (Å²) in [7, 11) is 1.47. The zero-order valence-electron chi connectivity index (χ0n) is 11.3. The van der Waals surface area contributed by atoms with E-state index in [0.717, 1.165) is 0 Å². The van der Waals surface area contributed by atoms with Gasteiger partial charge in [-0.15, -0.1) is 0 Å². The predicted octanol–water partition coefficient (Wildman–Crippen LogP) is 3.97. The first-order valence-corrected chi connectivity index (χ1v) is 7.19. The summed E-state index contributed by atoms with van der Waals surface area (Å²) in [5, 5.41) is 3.19. The van der Waals surface area contributed by atoms with Gasteiger partial charge in [-0.3, -0.25) is 4.79 Å². The van der Waals surface area contributed by atoms with Crippen LogP contribution in [-0.2, 0) is 10.5 Å². The minimum atomic E-state index is -1.78. The van der Waals surface area contributed by atoms with Crippen LogP contribution in [0.25, 0.3) is 0 Å². The number of alkyl halides is 2. The van der Waals surface area contributed by atoms with Crippen molar-refractivity contribution < 1.29 is 9.53 Å². The molecule has 3 rings (SSSR count). The van der Waals surface area contributed by atoms with Crippen molar-refractivity contribution in [1.82, 2.24) is 0 Å². The Hall–Kier alpha value is -1.55. The molecule has 1 aliphatic heterocycles. The summed E-state index contributed by atoms with van der Waals surface area (Å²) < 4.78 is 3.83. The van der Waals surface area contributed by atoms with Crippen LogP contribution in [0.2, 0.25) is 0 Å². The number of benzene rings is 2. The summed E-state index contributed by atoms with van der Waals surface area (Å²) in [5.74, 6) is -0.383. The van der Waals surface area contributed by atoms with Gasteiger partial charge in [-0.2, -0.15) is 0 Å². The molecule has 1 atom stereocenters. The highest BCUT2D eigenvalue weighted by Gasteiger charge is 2.60. The van der Waals surface area contributed by atoms with Crippen LogP contribution in [0.5, 0.6) is 0 Å². The number of carbonyl (C=O) groups is 1. The smallest absolute Gasteiger partial charge is 0.231 e. The van der Waals surface area contributed by atoms with Crippen molar-refractivity contribution in [3.05, 3.63) is 65.7 Å². The Morgan fingerprint density at radius 2 is 1.62 bits per heavy atom. The lowest BCUT2D eigenvalue weighted by atomic mass is 9.88. The van der Waals surface area contributed by atoms with E-state index in [1.54, 1.807) is 18.2 Å². The van der Waals surface area contributed by atoms with E-state index in [2.05, 4.69) is 5.32 Å². The monoisotopic (exact) mass is 321 g/mol. The summed E-state index contributed by atoms with van der Waals surface area (Å²) >= 11 is 12.9. The zero-order valence-corrected chi connectivity index (χ0v) is 12.8. The first kappa shape index (κ1) is 14.4. The fraction of sp³-hybridized carbons (Fsp3) is 0.188. The topological polar surface area (TPSA) is 38.3 Å². The fourth-order valence-corrected chi connectivity index (χ4v) is 3.28. The highest BCUT2D eigenvalue weighted by Crippen LogP contribution is 2.50. The molecule has 1 aliphatic rings. The third-order valence-corrected chi connectivity index (χ3v) is 4.57. The Morgan fingerprint density at radius 3 is 2.29 bits per heavy atom. The van der Waals surface area contributed by atoms with Gasteiger partial charge in [0, 0.05) is 23.9 Å². The molecule has 0 saturated heterocycles. The Labute approximate surface area is 132 Å². The molecular weight excluding hydrogens is 309 g/mol. The number of ether oxygens (including phenoxy) is 1. The molecule has 0 bridgehead atoms. The molecule has 5 heteroatoms. The standard InChI is InChI=1S/C16H13Cl2NO2/c1-21-16(11-7-3-2-4-8-11)15(17,18)14(20)12-9-5-6-10-13(12)19-16/h2-10,19H,1H3. The number of nitrogens with one attached hydrogen (secondary N) is 1. The molecule has 21 heavy (non-hydrogen) atoms. The molecular formula is C16H13Cl2NO2. The van der Waals surface area contributed by atoms with Crippen molar-refractivity contribution in [2.75, 3.05) is 12.4 Å². The van der Waals surface area contributed by atoms with Crippen molar-refractivity contribution in [3.63, 3.8) is 0 Å². The second kappa shape index (κ2) is 5.02. The van der Waals surface area contributed by atoms with Gasteiger partial charge in [-0.25, -0.2) is 0 Å². The van der Waals surface area contributed by atoms with Gasteiger partial charge in [0.05, 0.1) is 0 Å². The molecule has 0 aliphatic carbocycles. The Kier molecular flexibility index (Phi) is 3.44. The van der Waals surface area contributed by atoms with E-state index in [4.69, 9.17) is 27.9 Å². The van der Waals surface area contributed by atoms with Crippen LogP contribution in [0.4, 0.5) is 5.69 Å². The van der Waals surface area contributed by atoms with Crippen LogP contribution in [0.3, 0.4) is 0 Å². The number of halogens is 2. The quantitative estimate of drug-likeness (QED) is 0.850. The van der Waals surface area contributed by atoms with Gasteiger partial charge in [0.2, 0.25) is 15.8 Å². The second-order valence-electron chi connectivity index (χ2n) is 4.83. The number of carbonyl (C=O) groups excluding carboxylic acids is 1. The summed E-state index contributed by atoms with van der Waals surface area (Å²) in [5.41, 5.74) is 0.430. The Morgan fingerprint density at radius 1 is 1.00 bits per heavy atom. The maximum absolute atomic E-state index is 12.7. The first-order valence-electron chi connectivity index (χ1n) is 6.43. The van der Waals surface area contributed by atoms with Crippen LogP contribution >= 0.6 is 23.2 Å². The maximum Gasteiger partial charge on any atom is 0.231 e. The normalized spacial score (nSPS) is 23.3. The molecule has 0 fully saturated rings. The van der Waals surface area contributed by atoms with E-state index in [1.165, 1.54) is 7.11 Å². The molecule has 1 heterocycles. The van der Waals surface area contributed by atoms with Crippen molar-refractivity contribution in [3.8, 4) is 0 Å². The average molecular weight is 322 g/mol. The Balaban J connectivity index is 2.25. The molecule has 0 saturated carbocycles. The highest BCUT2D eigenvalue weighted by atomic mass is 35.5. The van der Waals surface area contributed by atoms with Crippen molar-refractivity contribution in [2.24, 2.45) is 0 Å². The number of fused-ring (bicyclic) bond motifs is 1. The zero-order chi connectivity index (χ0) is 15.1. The minimum Gasteiger partial charge on any atom is -0.352 e. The van der Waals surface area contributed by atoms with E-state index in [1.807, 2.05) is 36.4 Å². The summed E-state index contributed by atoms with van der Waals surface area (Å²) in [6.45, 7) is 0. The third-order valence-electron chi connectivity index (χ3n) is 3.70. The van der Waals surface area contributed by atoms with Crippen LogP contribution in [0.1, 0.15) is 15.9 Å². The molecule has 3 nitrogen and oxygen atoms in total. The molecule has 0 spiro atoms. The lowest BCUT2D eigenvalue weighted by molar-refractivity contribution is -0.00293. The fourth-order valence-electron chi connectivity index (χ4n) is 2.61.